The van der Waals surface area contributed by atoms with Gasteiger partial charge in [0.05, 0.1) is 11.5 Å². The van der Waals surface area contributed by atoms with Gasteiger partial charge in [-0.15, -0.1) is 0 Å². The summed E-state index contributed by atoms with van der Waals surface area (Å²) in [5.74, 6) is 0.537. The third kappa shape index (κ3) is 5.91. The number of aromatic nitrogens is 1. The molecule has 1 aromatic heterocycles. The predicted molar refractivity (Wildman–Crippen MR) is 113 cm³/mol. The Kier molecular flexibility index (Phi) is 7.14. The van der Waals surface area contributed by atoms with Gasteiger partial charge in [-0.1, -0.05) is 30.3 Å². The molecule has 0 saturated carbocycles. The van der Waals surface area contributed by atoms with E-state index >= 15 is 0 Å². The minimum Gasteiger partial charge on any atom is -0.443 e. The van der Waals surface area contributed by atoms with Crippen molar-refractivity contribution in [1.29, 1.82) is 0 Å². The van der Waals surface area contributed by atoms with Crippen molar-refractivity contribution >= 4 is 23.4 Å². The highest BCUT2D eigenvalue weighted by Gasteiger charge is 2.31. The Hall–Kier alpha value is -3.16. The molecule has 8 nitrogen and oxygen atoms in total. The number of benzene rings is 1. The van der Waals surface area contributed by atoms with Crippen LogP contribution in [0.4, 0.5) is 22.1 Å². The molecule has 0 aliphatic rings. The molecular weight excluding hydrogens is 372 g/mol. The molecule has 2 rings (SSSR count). The Labute approximate surface area is 171 Å². The molecule has 1 amide bonds. The van der Waals surface area contributed by atoms with E-state index in [9.17, 15) is 14.9 Å². The van der Waals surface area contributed by atoms with Crippen LogP contribution in [0.5, 0.6) is 0 Å². The van der Waals surface area contributed by atoms with Gasteiger partial charge in [-0.3, -0.25) is 15.0 Å². The van der Waals surface area contributed by atoms with Gasteiger partial charge < -0.3 is 9.64 Å². The summed E-state index contributed by atoms with van der Waals surface area (Å²) in [4.78, 5) is 31.8. The summed E-state index contributed by atoms with van der Waals surface area (Å²) in [5.41, 5.74) is -0.192. The van der Waals surface area contributed by atoms with Gasteiger partial charge in [-0.25, -0.2) is 9.78 Å². The van der Waals surface area contributed by atoms with E-state index in [1.165, 1.54) is 11.0 Å². The lowest BCUT2D eigenvalue weighted by Crippen LogP contribution is -2.37. The molecule has 2 aromatic rings. The van der Waals surface area contributed by atoms with E-state index in [1.807, 2.05) is 49.1 Å². The average molecular weight is 400 g/mol. The highest BCUT2D eigenvalue weighted by molar-refractivity contribution is 5.89. The quantitative estimate of drug-likeness (QED) is 0.491. The maximum Gasteiger partial charge on any atom is 0.416 e. The molecular formula is C21H28N4O4. The SMILES string of the molecule is CCN(CC)c1ccc([N+](=O)[O-])c(N(Cc2ccccc2)C(=O)OC(C)(C)C)n1. The van der Waals surface area contributed by atoms with E-state index in [4.69, 9.17) is 4.74 Å². The first-order valence-corrected chi connectivity index (χ1v) is 9.61. The Morgan fingerprint density at radius 2 is 1.72 bits per heavy atom. The molecule has 0 bridgehead atoms. The molecule has 0 atom stereocenters. The molecule has 1 heterocycles. The number of nitrogens with zero attached hydrogens (tertiary/aromatic N) is 4. The lowest BCUT2D eigenvalue weighted by atomic mass is 10.2. The monoisotopic (exact) mass is 400 g/mol. The summed E-state index contributed by atoms with van der Waals surface area (Å²) in [6.45, 7) is 10.7. The number of nitro groups is 1. The second kappa shape index (κ2) is 9.36. The van der Waals surface area contributed by atoms with Crippen molar-refractivity contribution in [3.8, 4) is 0 Å². The molecule has 0 unspecified atom stereocenters. The summed E-state index contributed by atoms with van der Waals surface area (Å²) in [6, 6.07) is 12.2. The summed E-state index contributed by atoms with van der Waals surface area (Å²) >= 11 is 0. The smallest absolute Gasteiger partial charge is 0.416 e. The van der Waals surface area contributed by atoms with E-state index in [1.54, 1.807) is 26.8 Å². The predicted octanol–water partition coefficient (Wildman–Crippen LogP) is 4.78. The highest BCUT2D eigenvalue weighted by atomic mass is 16.6. The van der Waals surface area contributed by atoms with Crippen LogP contribution in [0.3, 0.4) is 0 Å². The van der Waals surface area contributed by atoms with Crippen LogP contribution in [0, 0.1) is 10.1 Å². The Morgan fingerprint density at radius 3 is 2.24 bits per heavy atom. The van der Waals surface area contributed by atoms with Crippen LogP contribution in [0.25, 0.3) is 0 Å². The number of carbonyl (C=O) groups is 1. The summed E-state index contributed by atoms with van der Waals surface area (Å²) in [7, 11) is 0. The van der Waals surface area contributed by atoms with Gasteiger partial charge in [0.1, 0.15) is 11.4 Å². The van der Waals surface area contributed by atoms with Gasteiger partial charge in [0.2, 0.25) is 5.82 Å². The van der Waals surface area contributed by atoms with E-state index in [2.05, 4.69) is 4.98 Å². The third-order valence-electron chi connectivity index (χ3n) is 4.18. The maximum atomic E-state index is 13.0. The zero-order chi connectivity index (χ0) is 21.6. The second-order valence-corrected chi connectivity index (χ2v) is 7.49. The number of hydrogen-bond acceptors (Lipinski definition) is 6. The number of amides is 1. The maximum absolute atomic E-state index is 13.0. The molecule has 0 saturated heterocycles. The minimum absolute atomic E-state index is 0.0301. The van der Waals surface area contributed by atoms with Crippen LogP contribution in [0.1, 0.15) is 40.2 Å². The van der Waals surface area contributed by atoms with Crippen molar-refractivity contribution in [3.05, 3.63) is 58.1 Å². The van der Waals surface area contributed by atoms with Crippen molar-refractivity contribution in [1.82, 2.24) is 4.98 Å². The topological polar surface area (TPSA) is 88.8 Å². The fourth-order valence-electron chi connectivity index (χ4n) is 2.80. The standard InChI is InChI=1S/C21H28N4O4/c1-6-23(7-2)18-14-13-17(25(27)28)19(22-18)24(20(26)29-21(3,4)5)15-16-11-9-8-10-12-16/h8-14H,6-7,15H2,1-5H3. The van der Waals surface area contributed by atoms with E-state index in [0.29, 0.717) is 18.9 Å². The normalized spacial score (nSPS) is 11.1. The number of rotatable bonds is 7. The summed E-state index contributed by atoms with van der Waals surface area (Å²) < 4.78 is 5.53. The van der Waals surface area contributed by atoms with Gasteiger partial charge in [-0.2, -0.15) is 0 Å². The highest BCUT2D eigenvalue weighted by Crippen LogP contribution is 2.31. The van der Waals surface area contributed by atoms with Crippen LogP contribution < -0.4 is 9.80 Å². The minimum atomic E-state index is -0.753. The van der Waals surface area contributed by atoms with E-state index < -0.39 is 16.6 Å². The van der Waals surface area contributed by atoms with Gasteiger partial charge in [-0.05, 0) is 46.2 Å². The first-order chi connectivity index (χ1) is 13.7. The van der Waals surface area contributed by atoms with Crippen LogP contribution in [-0.4, -0.2) is 34.7 Å². The lowest BCUT2D eigenvalue weighted by Gasteiger charge is -2.28. The number of ether oxygens (including phenoxy) is 1. The molecule has 156 valence electrons. The molecule has 0 radical (unpaired) electrons. The Bertz CT molecular complexity index is 846. The average Bonchev–Trinajstić information content (AvgIpc) is 2.66. The molecule has 29 heavy (non-hydrogen) atoms. The van der Waals surface area contributed by atoms with Crippen molar-refractivity contribution in [3.63, 3.8) is 0 Å². The van der Waals surface area contributed by atoms with Gasteiger partial charge in [0.15, 0.2) is 0 Å². The van der Waals surface area contributed by atoms with E-state index in [0.717, 1.165) is 5.56 Å². The largest absolute Gasteiger partial charge is 0.443 e. The van der Waals surface area contributed by atoms with Gasteiger partial charge in [0.25, 0.3) is 0 Å². The zero-order valence-electron chi connectivity index (χ0n) is 17.6. The molecule has 0 N–H and O–H groups in total. The summed E-state index contributed by atoms with van der Waals surface area (Å²) in [5, 5.41) is 11.7. The van der Waals surface area contributed by atoms with E-state index in [-0.39, 0.29) is 18.1 Å². The second-order valence-electron chi connectivity index (χ2n) is 7.49. The number of pyridine rings is 1. The third-order valence-corrected chi connectivity index (χ3v) is 4.18. The molecule has 0 aliphatic heterocycles. The van der Waals surface area contributed by atoms with Crippen LogP contribution in [0.15, 0.2) is 42.5 Å². The van der Waals surface area contributed by atoms with Gasteiger partial charge in [0, 0.05) is 19.2 Å². The molecule has 1 aromatic carbocycles. The van der Waals surface area contributed by atoms with Gasteiger partial charge >= 0.3 is 11.8 Å². The molecule has 0 spiro atoms. The van der Waals surface area contributed by atoms with Crippen LogP contribution in [0.2, 0.25) is 0 Å². The first kappa shape index (κ1) is 22.1. The van der Waals surface area contributed by atoms with Crippen molar-refractivity contribution in [2.24, 2.45) is 0 Å². The first-order valence-electron chi connectivity index (χ1n) is 9.61. The number of anilines is 2. The van der Waals surface area contributed by atoms with Crippen LogP contribution >= 0.6 is 0 Å². The fourth-order valence-corrected chi connectivity index (χ4v) is 2.80. The van der Waals surface area contributed by atoms with Crippen LogP contribution in [-0.2, 0) is 11.3 Å². The molecule has 8 heteroatoms. The van der Waals surface area contributed by atoms with Crippen molar-refractivity contribution < 1.29 is 14.5 Å². The molecule has 0 aliphatic carbocycles. The Balaban J connectivity index is 2.58. The lowest BCUT2D eigenvalue weighted by molar-refractivity contribution is -0.384. The zero-order valence-corrected chi connectivity index (χ0v) is 17.6. The van der Waals surface area contributed by atoms with Crippen molar-refractivity contribution in [2.75, 3.05) is 22.9 Å². The fraction of sp³-hybridized carbons (Fsp3) is 0.429. The summed E-state index contributed by atoms with van der Waals surface area (Å²) in [6.07, 6.45) is -0.686. The Morgan fingerprint density at radius 1 is 1.10 bits per heavy atom. The van der Waals surface area contributed by atoms with Crippen molar-refractivity contribution in [2.45, 2.75) is 46.8 Å². The number of hydrogen-bond donors (Lipinski definition) is 0. The molecule has 0 fully saturated rings. The number of carbonyl (C=O) groups excluding carboxylic acids is 1.